The molecule has 0 radical (unpaired) electrons. The van der Waals surface area contributed by atoms with Gasteiger partial charge in [0.1, 0.15) is 12.1 Å². The van der Waals surface area contributed by atoms with Crippen molar-refractivity contribution in [2.75, 3.05) is 18.0 Å². The normalized spacial score (nSPS) is 18.2. The minimum atomic E-state index is -0.0352. The van der Waals surface area contributed by atoms with Gasteiger partial charge in [-0.25, -0.2) is 9.97 Å². The number of carbonyl (C=O) groups excluding carboxylic acids is 1. The summed E-state index contributed by atoms with van der Waals surface area (Å²) in [5, 5.41) is 3.98. The van der Waals surface area contributed by atoms with Crippen LogP contribution in [0.25, 0.3) is 10.9 Å². The molecule has 0 bridgehead atoms. The Morgan fingerprint density at radius 1 is 1.00 bits per heavy atom. The lowest BCUT2D eigenvalue weighted by atomic mass is 10.0. The number of benzene rings is 2. The SMILES string of the molecule is O=C1C[C@H](c2ccccc2)N(c2ncnc3ccccc23)CCN1. The summed E-state index contributed by atoms with van der Waals surface area (Å²) in [7, 11) is 0. The van der Waals surface area contributed by atoms with E-state index in [1.807, 2.05) is 42.5 Å². The fraction of sp³-hybridized carbons (Fsp3) is 0.211. The first-order valence-corrected chi connectivity index (χ1v) is 8.11. The summed E-state index contributed by atoms with van der Waals surface area (Å²) in [5.74, 6) is 0.954. The van der Waals surface area contributed by atoms with Crippen molar-refractivity contribution in [3.05, 3.63) is 66.5 Å². The van der Waals surface area contributed by atoms with Crippen molar-refractivity contribution in [2.45, 2.75) is 12.5 Å². The zero-order valence-corrected chi connectivity index (χ0v) is 13.2. The fourth-order valence-electron chi connectivity index (χ4n) is 3.28. The molecule has 1 fully saturated rings. The van der Waals surface area contributed by atoms with Gasteiger partial charge in [0.05, 0.1) is 18.0 Å². The van der Waals surface area contributed by atoms with Crippen LogP contribution in [0.2, 0.25) is 0 Å². The fourth-order valence-corrected chi connectivity index (χ4v) is 3.28. The van der Waals surface area contributed by atoms with Crippen LogP contribution >= 0.6 is 0 Å². The van der Waals surface area contributed by atoms with Gasteiger partial charge in [-0.15, -0.1) is 0 Å². The lowest BCUT2D eigenvalue weighted by Gasteiger charge is -2.31. The monoisotopic (exact) mass is 318 g/mol. The van der Waals surface area contributed by atoms with Crippen molar-refractivity contribution in [1.82, 2.24) is 15.3 Å². The van der Waals surface area contributed by atoms with Gasteiger partial charge in [-0.05, 0) is 17.7 Å². The number of hydrogen-bond donors (Lipinski definition) is 1. The Kier molecular flexibility index (Phi) is 3.83. The molecule has 5 heteroatoms. The molecule has 0 unspecified atom stereocenters. The van der Waals surface area contributed by atoms with Gasteiger partial charge < -0.3 is 10.2 Å². The first-order chi connectivity index (χ1) is 11.8. The summed E-state index contributed by atoms with van der Waals surface area (Å²) in [6.45, 7) is 1.33. The molecular formula is C19H18N4O. The Bertz CT molecular complexity index is 860. The standard InChI is InChI=1S/C19H18N4O/c24-18-12-17(14-6-2-1-3-7-14)23(11-10-20-18)19-15-8-4-5-9-16(15)21-13-22-19/h1-9,13,17H,10-12H2,(H,20,24)/t17-/m1/s1. The summed E-state index contributed by atoms with van der Waals surface area (Å²) in [6, 6.07) is 18.1. The number of aromatic nitrogens is 2. The predicted molar refractivity (Wildman–Crippen MR) is 93.7 cm³/mol. The number of hydrogen-bond acceptors (Lipinski definition) is 4. The minimum absolute atomic E-state index is 0.0352. The molecule has 1 aromatic heterocycles. The zero-order chi connectivity index (χ0) is 16.4. The van der Waals surface area contributed by atoms with Crippen LogP contribution < -0.4 is 10.2 Å². The highest BCUT2D eigenvalue weighted by atomic mass is 16.1. The first-order valence-electron chi connectivity index (χ1n) is 8.11. The molecule has 3 aromatic rings. The third-order valence-corrected chi connectivity index (χ3v) is 4.41. The van der Waals surface area contributed by atoms with Crippen LogP contribution in [0.3, 0.4) is 0 Å². The molecular weight excluding hydrogens is 300 g/mol. The third kappa shape index (κ3) is 2.69. The topological polar surface area (TPSA) is 58.1 Å². The maximum Gasteiger partial charge on any atom is 0.222 e. The van der Waals surface area contributed by atoms with Crippen molar-refractivity contribution in [2.24, 2.45) is 0 Å². The highest BCUT2D eigenvalue weighted by Gasteiger charge is 2.28. The minimum Gasteiger partial charge on any atom is -0.354 e. The average molecular weight is 318 g/mol. The van der Waals surface area contributed by atoms with Crippen molar-refractivity contribution >= 4 is 22.6 Å². The van der Waals surface area contributed by atoms with E-state index in [4.69, 9.17) is 0 Å². The van der Waals surface area contributed by atoms with Gasteiger partial charge >= 0.3 is 0 Å². The maximum atomic E-state index is 12.1. The van der Waals surface area contributed by atoms with Crippen LogP contribution in [0.15, 0.2) is 60.9 Å². The number of amides is 1. The van der Waals surface area contributed by atoms with Gasteiger partial charge in [-0.1, -0.05) is 42.5 Å². The number of nitrogens with one attached hydrogen (secondary N) is 1. The molecule has 2 heterocycles. The number of rotatable bonds is 2. The summed E-state index contributed by atoms with van der Waals surface area (Å²) < 4.78 is 0. The highest BCUT2D eigenvalue weighted by molar-refractivity contribution is 5.90. The maximum absolute atomic E-state index is 12.1. The molecule has 1 N–H and O–H groups in total. The summed E-state index contributed by atoms with van der Waals surface area (Å²) in [4.78, 5) is 23.3. The van der Waals surface area contributed by atoms with E-state index in [0.717, 1.165) is 22.3 Å². The Morgan fingerprint density at radius 3 is 2.67 bits per heavy atom. The summed E-state index contributed by atoms with van der Waals surface area (Å²) in [5.41, 5.74) is 2.04. The largest absolute Gasteiger partial charge is 0.354 e. The molecule has 1 amide bonds. The molecule has 1 aliphatic heterocycles. The van der Waals surface area contributed by atoms with Crippen molar-refractivity contribution in [3.63, 3.8) is 0 Å². The van der Waals surface area contributed by atoms with E-state index in [0.29, 0.717) is 19.5 Å². The number of para-hydroxylation sites is 1. The number of nitrogens with zero attached hydrogens (tertiary/aromatic N) is 3. The molecule has 5 nitrogen and oxygen atoms in total. The van der Waals surface area contributed by atoms with E-state index in [9.17, 15) is 4.79 Å². The second kappa shape index (κ2) is 6.28. The molecule has 24 heavy (non-hydrogen) atoms. The third-order valence-electron chi connectivity index (χ3n) is 4.41. The van der Waals surface area contributed by atoms with Gasteiger partial charge in [0.15, 0.2) is 0 Å². The lowest BCUT2D eigenvalue weighted by Crippen LogP contribution is -2.31. The number of fused-ring (bicyclic) bond motifs is 1. The number of carbonyl (C=O) groups is 1. The molecule has 0 spiro atoms. The summed E-state index contributed by atoms with van der Waals surface area (Å²) >= 11 is 0. The Morgan fingerprint density at radius 2 is 1.79 bits per heavy atom. The molecule has 1 atom stereocenters. The van der Waals surface area contributed by atoms with Crippen LogP contribution in [-0.4, -0.2) is 29.0 Å². The van der Waals surface area contributed by atoms with Crippen molar-refractivity contribution < 1.29 is 4.79 Å². The quantitative estimate of drug-likeness (QED) is 0.789. The van der Waals surface area contributed by atoms with E-state index in [1.54, 1.807) is 6.33 Å². The van der Waals surface area contributed by atoms with Crippen molar-refractivity contribution in [1.29, 1.82) is 0 Å². The molecule has 0 aliphatic carbocycles. The van der Waals surface area contributed by atoms with Gasteiger partial charge in [0.25, 0.3) is 0 Å². The van der Waals surface area contributed by atoms with Crippen molar-refractivity contribution in [3.8, 4) is 0 Å². The van der Waals surface area contributed by atoms with Crippen LogP contribution in [-0.2, 0) is 4.79 Å². The van der Waals surface area contributed by atoms with Crippen LogP contribution in [0.4, 0.5) is 5.82 Å². The van der Waals surface area contributed by atoms with Crippen LogP contribution in [0.5, 0.6) is 0 Å². The average Bonchev–Trinajstić information content (AvgIpc) is 2.83. The lowest BCUT2D eigenvalue weighted by molar-refractivity contribution is -0.121. The van der Waals surface area contributed by atoms with E-state index in [-0.39, 0.29) is 11.9 Å². The van der Waals surface area contributed by atoms with E-state index < -0.39 is 0 Å². The molecule has 120 valence electrons. The second-order valence-electron chi connectivity index (χ2n) is 5.89. The van der Waals surface area contributed by atoms with Gasteiger partial charge in [-0.3, -0.25) is 4.79 Å². The zero-order valence-electron chi connectivity index (χ0n) is 13.2. The predicted octanol–water partition coefficient (Wildman–Crippen LogP) is 2.70. The van der Waals surface area contributed by atoms with Gasteiger partial charge in [0.2, 0.25) is 5.91 Å². The molecule has 4 rings (SSSR count). The highest BCUT2D eigenvalue weighted by Crippen LogP contribution is 2.33. The van der Waals surface area contributed by atoms with Crippen LogP contribution in [0, 0.1) is 0 Å². The number of anilines is 1. The molecule has 0 saturated carbocycles. The van der Waals surface area contributed by atoms with E-state index in [1.165, 1.54) is 0 Å². The Hall–Kier alpha value is -2.95. The second-order valence-corrected chi connectivity index (χ2v) is 5.89. The first kappa shape index (κ1) is 14.6. The Balaban J connectivity index is 1.84. The summed E-state index contributed by atoms with van der Waals surface area (Å²) in [6.07, 6.45) is 2.02. The van der Waals surface area contributed by atoms with Gasteiger partial charge in [0, 0.05) is 18.5 Å². The molecule has 1 saturated heterocycles. The molecule has 1 aliphatic rings. The smallest absolute Gasteiger partial charge is 0.222 e. The Labute approximate surface area is 140 Å². The molecule has 2 aromatic carbocycles. The van der Waals surface area contributed by atoms with Crippen LogP contribution in [0.1, 0.15) is 18.0 Å². The van der Waals surface area contributed by atoms with E-state index in [2.05, 4.69) is 32.3 Å². The van der Waals surface area contributed by atoms with Gasteiger partial charge in [-0.2, -0.15) is 0 Å². The van der Waals surface area contributed by atoms with E-state index >= 15 is 0 Å².